The van der Waals surface area contributed by atoms with E-state index in [4.69, 9.17) is 0 Å². The summed E-state index contributed by atoms with van der Waals surface area (Å²) in [5.74, 6) is 0.0700. The Labute approximate surface area is 65.5 Å². The number of hydrogen-bond acceptors (Lipinski definition) is 3. The summed E-state index contributed by atoms with van der Waals surface area (Å²) in [7, 11) is 0. The third-order valence-corrected chi connectivity index (χ3v) is 1.33. The highest BCUT2D eigenvalue weighted by atomic mass is 16.1. The largest absolute Gasteiger partial charge is 0.292 e. The summed E-state index contributed by atoms with van der Waals surface area (Å²) in [5, 5.41) is 0. The number of carbonyl (C=O) groups excluding carboxylic acids is 1. The van der Waals surface area contributed by atoms with Crippen LogP contribution in [-0.2, 0) is 0 Å². The maximum Gasteiger partial charge on any atom is 0.182 e. The van der Waals surface area contributed by atoms with Crippen molar-refractivity contribution >= 4 is 5.78 Å². The molecule has 0 bridgehead atoms. The molecule has 0 spiro atoms. The molecule has 0 radical (unpaired) electrons. The fraction of sp³-hybridized carbons (Fsp3) is 0.375. The first-order valence-electron chi connectivity index (χ1n) is 3.63. The average molecular weight is 150 g/mol. The van der Waals surface area contributed by atoms with Gasteiger partial charge in [-0.05, 0) is 6.42 Å². The standard InChI is InChI=1S/C8H10N2O/c1-2-3-8(11)7-6-9-4-5-10-7/h4-6H,2-3H2,1H3. The molecule has 3 nitrogen and oxygen atoms in total. The van der Waals surface area contributed by atoms with Gasteiger partial charge < -0.3 is 0 Å². The molecule has 0 saturated carbocycles. The summed E-state index contributed by atoms with van der Waals surface area (Å²) in [6, 6.07) is 0. The van der Waals surface area contributed by atoms with Crippen LogP contribution < -0.4 is 0 Å². The van der Waals surface area contributed by atoms with Crippen LogP contribution in [0.15, 0.2) is 18.6 Å². The maximum absolute atomic E-state index is 11.1. The van der Waals surface area contributed by atoms with E-state index in [1.807, 2.05) is 6.92 Å². The number of rotatable bonds is 3. The van der Waals surface area contributed by atoms with E-state index in [2.05, 4.69) is 9.97 Å². The van der Waals surface area contributed by atoms with E-state index in [1.165, 1.54) is 12.4 Å². The predicted molar refractivity (Wildman–Crippen MR) is 41.3 cm³/mol. The van der Waals surface area contributed by atoms with Gasteiger partial charge in [0.15, 0.2) is 5.78 Å². The summed E-state index contributed by atoms with van der Waals surface area (Å²) in [5.41, 5.74) is 0.467. The van der Waals surface area contributed by atoms with Crippen LogP contribution in [0.2, 0.25) is 0 Å². The van der Waals surface area contributed by atoms with Gasteiger partial charge in [0, 0.05) is 18.8 Å². The SMILES string of the molecule is CCCC(=O)c1cnccn1. The number of Topliss-reactive ketones (excluding diaryl/α,β-unsaturated/α-hetero) is 1. The molecule has 0 fully saturated rings. The molecule has 0 N–H and O–H groups in total. The lowest BCUT2D eigenvalue weighted by Crippen LogP contribution is -2.00. The van der Waals surface area contributed by atoms with Crippen molar-refractivity contribution in [3.63, 3.8) is 0 Å². The van der Waals surface area contributed by atoms with Gasteiger partial charge in [-0.2, -0.15) is 0 Å². The lowest BCUT2D eigenvalue weighted by Gasteiger charge is -1.94. The quantitative estimate of drug-likeness (QED) is 0.612. The molecule has 1 aromatic rings. The van der Waals surface area contributed by atoms with Crippen molar-refractivity contribution < 1.29 is 4.79 Å². The molecule has 0 saturated heterocycles. The molecular weight excluding hydrogens is 140 g/mol. The lowest BCUT2D eigenvalue weighted by molar-refractivity contribution is 0.0976. The number of carbonyl (C=O) groups is 1. The Kier molecular flexibility index (Phi) is 2.72. The summed E-state index contributed by atoms with van der Waals surface area (Å²) in [4.78, 5) is 18.8. The van der Waals surface area contributed by atoms with E-state index in [9.17, 15) is 4.79 Å². The van der Waals surface area contributed by atoms with E-state index < -0.39 is 0 Å². The maximum atomic E-state index is 11.1. The lowest BCUT2D eigenvalue weighted by atomic mass is 10.2. The Morgan fingerprint density at radius 2 is 2.36 bits per heavy atom. The van der Waals surface area contributed by atoms with Gasteiger partial charge in [0.1, 0.15) is 5.69 Å². The molecule has 3 heteroatoms. The molecule has 0 unspecified atom stereocenters. The zero-order chi connectivity index (χ0) is 8.10. The fourth-order valence-corrected chi connectivity index (χ4v) is 0.798. The van der Waals surface area contributed by atoms with Crippen molar-refractivity contribution in [2.75, 3.05) is 0 Å². The third kappa shape index (κ3) is 2.11. The van der Waals surface area contributed by atoms with Gasteiger partial charge >= 0.3 is 0 Å². The second kappa shape index (κ2) is 3.81. The Balaban J connectivity index is 2.69. The van der Waals surface area contributed by atoms with Crippen LogP contribution in [0, 0.1) is 0 Å². The molecule has 1 aromatic heterocycles. The van der Waals surface area contributed by atoms with Crippen molar-refractivity contribution in [2.24, 2.45) is 0 Å². The number of nitrogens with zero attached hydrogens (tertiary/aromatic N) is 2. The van der Waals surface area contributed by atoms with Crippen molar-refractivity contribution in [3.05, 3.63) is 24.3 Å². The van der Waals surface area contributed by atoms with E-state index in [0.29, 0.717) is 12.1 Å². The number of ketones is 1. The Morgan fingerprint density at radius 3 is 2.91 bits per heavy atom. The highest BCUT2D eigenvalue weighted by Crippen LogP contribution is 1.98. The predicted octanol–water partition coefficient (Wildman–Crippen LogP) is 1.46. The van der Waals surface area contributed by atoms with Gasteiger partial charge in [-0.25, -0.2) is 4.98 Å². The second-order valence-corrected chi connectivity index (χ2v) is 2.26. The van der Waals surface area contributed by atoms with E-state index in [1.54, 1.807) is 6.20 Å². The van der Waals surface area contributed by atoms with Crippen molar-refractivity contribution in [3.8, 4) is 0 Å². The van der Waals surface area contributed by atoms with Crippen LogP contribution in [0.3, 0.4) is 0 Å². The molecule has 11 heavy (non-hydrogen) atoms. The van der Waals surface area contributed by atoms with Gasteiger partial charge in [-0.1, -0.05) is 6.92 Å². The fourth-order valence-electron chi connectivity index (χ4n) is 0.798. The van der Waals surface area contributed by atoms with Gasteiger partial charge in [0.2, 0.25) is 0 Å². The molecule has 0 aliphatic heterocycles. The molecular formula is C8H10N2O. The smallest absolute Gasteiger partial charge is 0.182 e. The van der Waals surface area contributed by atoms with Gasteiger partial charge in [-0.15, -0.1) is 0 Å². The molecule has 1 heterocycles. The first-order chi connectivity index (χ1) is 5.34. The zero-order valence-corrected chi connectivity index (χ0v) is 6.45. The Bertz CT molecular complexity index is 233. The summed E-state index contributed by atoms with van der Waals surface area (Å²) >= 11 is 0. The van der Waals surface area contributed by atoms with Crippen LogP contribution in [0.4, 0.5) is 0 Å². The summed E-state index contributed by atoms with van der Waals surface area (Å²) < 4.78 is 0. The van der Waals surface area contributed by atoms with E-state index in [-0.39, 0.29) is 5.78 Å². The van der Waals surface area contributed by atoms with Gasteiger partial charge in [0.05, 0.1) is 6.20 Å². The minimum atomic E-state index is 0.0700. The average Bonchev–Trinajstić information content (AvgIpc) is 2.07. The van der Waals surface area contributed by atoms with Crippen LogP contribution >= 0.6 is 0 Å². The third-order valence-electron chi connectivity index (χ3n) is 1.33. The molecule has 58 valence electrons. The minimum absolute atomic E-state index is 0.0700. The highest BCUT2D eigenvalue weighted by molar-refractivity contribution is 5.93. The highest BCUT2D eigenvalue weighted by Gasteiger charge is 2.03. The second-order valence-electron chi connectivity index (χ2n) is 2.26. The molecule has 0 aliphatic carbocycles. The van der Waals surface area contributed by atoms with Crippen molar-refractivity contribution in [1.29, 1.82) is 0 Å². The first-order valence-corrected chi connectivity index (χ1v) is 3.63. The minimum Gasteiger partial charge on any atom is -0.292 e. The molecule has 1 rings (SSSR count). The van der Waals surface area contributed by atoms with E-state index in [0.717, 1.165) is 6.42 Å². The normalized spacial score (nSPS) is 9.55. The first kappa shape index (κ1) is 7.85. The van der Waals surface area contributed by atoms with Crippen LogP contribution in [0.1, 0.15) is 30.3 Å². The Morgan fingerprint density at radius 1 is 1.55 bits per heavy atom. The van der Waals surface area contributed by atoms with Crippen LogP contribution in [-0.4, -0.2) is 15.8 Å². The zero-order valence-electron chi connectivity index (χ0n) is 6.45. The topological polar surface area (TPSA) is 42.9 Å². The van der Waals surface area contributed by atoms with Crippen LogP contribution in [0.5, 0.6) is 0 Å². The molecule has 0 atom stereocenters. The Hall–Kier alpha value is -1.25. The number of aromatic nitrogens is 2. The van der Waals surface area contributed by atoms with Crippen molar-refractivity contribution in [1.82, 2.24) is 9.97 Å². The van der Waals surface area contributed by atoms with Crippen LogP contribution in [0.25, 0.3) is 0 Å². The monoisotopic (exact) mass is 150 g/mol. The molecule has 0 aromatic carbocycles. The van der Waals surface area contributed by atoms with E-state index >= 15 is 0 Å². The summed E-state index contributed by atoms with van der Waals surface area (Å²) in [6.07, 6.45) is 6.00. The number of hydrogen-bond donors (Lipinski definition) is 0. The molecule has 0 aliphatic rings. The van der Waals surface area contributed by atoms with Gasteiger partial charge in [0.25, 0.3) is 0 Å². The molecule has 0 amide bonds. The summed E-state index contributed by atoms with van der Waals surface area (Å²) in [6.45, 7) is 1.97. The van der Waals surface area contributed by atoms with Crippen molar-refractivity contribution in [2.45, 2.75) is 19.8 Å². The van der Waals surface area contributed by atoms with Gasteiger partial charge in [-0.3, -0.25) is 9.78 Å².